The molecule has 2 aliphatic heterocycles. The maximum absolute atomic E-state index is 12.9. The molecule has 3 heterocycles. The number of rotatable bonds is 4. The van der Waals surface area contributed by atoms with E-state index in [2.05, 4.69) is 4.90 Å². The third-order valence-corrected chi connectivity index (χ3v) is 6.39. The van der Waals surface area contributed by atoms with Gasteiger partial charge in [-0.1, -0.05) is 25.0 Å². The van der Waals surface area contributed by atoms with E-state index < -0.39 is 0 Å². The molecule has 30 heavy (non-hydrogen) atoms. The first-order chi connectivity index (χ1) is 14.5. The van der Waals surface area contributed by atoms with E-state index in [1.165, 1.54) is 12.8 Å². The lowest BCUT2D eigenvalue weighted by atomic mass is 10.2. The van der Waals surface area contributed by atoms with Crippen LogP contribution in [0.2, 0.25) is 0 Å². The Morgan fingerprint density at radius 3 is 2.00 bits per heavy atom. The Kier molecular flexibility index (Phi) is 6.22. The number of carbonyl (C=O) groups is 2. The number of para-hydroxylation sites is 2. The summed E-state index contributed by atoms with van der Waals surface area (Å²) in [6, 6.07) is 7.52. The largest absolute Gasteiger partial charge is 0.342 e. The van der Waals surface area contributed by atoms with Gasteiger partial charge in [0.25, 0.3) is 0 Å². The number of hydrogen-bond acceptors (Lipinski definition) is 4. The van der Waals surface area contributed by atoms with E-state index in [1.54, 1.807) is 21.1 Å². The molecule has 0 N–H and O–H groups in total. The first kappa shape index (κ1) is 20.7. The smallest absolute Gasteiger partial charge is 0.329 e. The fraction of sp³-hybridized carbons (Fsp3) is 0.591. The fourth-order valence-corrected chi connectivity index (χ4v) is 4.52. The molecule has 0 bridgehead atoms. The molecule has 4 rings (SSSR count). The van der Waals surface area contributed by atoms with Gasteiger partial charge in [-0.3, -0.25) is 23.6 Å². The highest BCUT2D eigenvalue weighted by molar-refractivity contribution is 5.81. The van der Waals surface area contributed by atoms with E-state index in [0.717, 1.165) is 37.0 Å². The first-order valence-electron chi connectivity index (χ1n) is 11.0. The van der Waals surface area contributed by atoms with E-state index in [0.29, 0.717) is 32.7 Å². The van der Waals surface area contributed by atoms with Crippen molar-refractivity contribution in [2.45, 2.75) is 32.2 Å². The number of fused-ring (bicyclic) bond motifs is 1. The normalized spacial score (nSPS) is 18.6. The molecule has 2 amide bonds. The third-order valence-electron chi connectivity index (χ3n) is 6.39. The molecule has 2 aromatic rings. The third kappa shape index (κ3) is 4.28. The Labute approximate surface area is 176 Å². The van der Waals surface area contributed by atoms with Crippen molar-refractivity contribution in [1.29, 1.82) is 0 Å². The van der Waals surface area contributed by atoms with Gasteiger partial charge in [0.15, 0.2) is 0 Å². The molecule has 1 aromatic carbocycles. The Morgan fingerprint density at radius 1 is 0.767 bits per heavy atom. The molecule has 0 spiro atoms. The number of likely N-dealkylation sites (tertiary alicyclic amines) is 1. The van der Waals surface area contributed by atoms with Crippen LogP contribution in [0.5, 0.6) is 0 Å². The van der Waals surface area contributed by atoms with Crippen LogP contribution in [0.1, 0.15) is 25.7 Å². The summed E-state index contributed by atoms with van der Waals surface area (Å²) >= 11 is 0. The summed E-state index contributed by atoms with van der Waals surface area (Å²) in [4.78, 5) is 44.0. The number of nitrogens with zero attached hydrogens (tertiary/aromatic N) is 5. The fourth-order valence-electron chi connectivity index (χ4n) is 4.52. The van der Waals surface area contributed by atoms with Gasteiger partial charge in [0, 0.05) is 46.3 Å². The van der Waals surface area contributed by atoms with Crippen LogP contribution in [0.4, 0.5) is 0 Å². The number of benzene rings is 1. The summed E-state index contributed by atoms with van der Waals surface area (Å²) in [6.45, 7) is 4.79. The lowest BCUT2D eigenvalue weighted by Crippen LogP contribution is -2.52. The zero-order chi connectivity index (χ0) is 21.1. The standard InChI is InChI=1S/C22H31N5O3/c1-23-18-8-4-5-9-19(18)27(22(23)30)17-21(29)26-14-12-24(13-15-26)16-20(28)25-10-6-2-3-7-11-25/h4-5,8-9H,2-3,6-7,10-17H2,1H3. The minimum absolute atomic E-state index is 0.0485. The number of piperazine rings is 1. The maximum Gasteiger partial charge on any atom is 0.329 e. The van der Waals surface area contributed by atoms with Crippen molar-refractivity contribution in [3.05, 3.63) is 34.7 Å². The molecule has 2 fully saturated rings. The molecule has 0 atom stereocenters. The number of aryl methyl sites for hydroxylation is 1. The van der Waals surface area contributed by atoms with Crippen molar-refractivity contribution in [2.75, 3.05) is 45.8 Å². The maximum atomic E-state index is 12.9. The molecule has 2 aliphatic rings. The molecule has 8 nitrogen and oxygen atoms in total. The molecule has 0 radical (unpaired) electrons. The second kappa shape index (κ2) is 9.04. The van der Waals surface area contributed by atoms with Crippen molar-refractivity contribution in [3.63, 3.8) is 0 Å². The quantitative estimate of drug-likeness (QED) is 0.746. The Morgan fingerprint density at radius 2 is 1.33 bits per heavy atom. The topological polar surface area (TPSA) is 70.8 Å². The van der Waals surface area contributed by atoms with Crippen LogP contribution in [0.15, 0.2) is 29.1 Å². The van der Waals surface area contributed by atoms with Crippen LogP contribution < -0.4 is 5.69 Å². The molecule has 8 heteroatoms. The molecule has 162 valence electrons. The predicted molar refractivity (Wildman–Crippen MR) is 115 cm³/mol. The summed E-state index contributed by atoms with van der Waals surface area (Å²) in [5.74, 6) is 0.158. The zero-order valence-electron chi connectivity index (χ0n) is 17.8. The number of amides is 2. The lowest BCUT2D eigenvalue weighted by molar-refractivity contribution is -0.135. The average molecular weight is 414 g/mol. The second-order valence-electron chi connectivity index (χ2n) is 8.37. The molecular formula is C22H31N5O3. The SMILES string of the molecule is Cn1c(=O)n(CC(=O)N2CCN(CC(=O)N3CCCCCC3)CC2)c2ccccc21. The molecule has 0 unspecified atom stereocenters. The van der Waals surface area contributed by atoms with Crippen molar-refractivity contribution >= 4 is 22.8 Å². The van der Waals surface area contributed by atoms with Gasteiger partial charge < -0.3 is 9.80 Å². The molecular weight excluding hydrogens is 382 g/mol. The number of hydrogen-bond donors (Lipinski definition) is 0. The van der Waals surface area contributed by atoms with Crippen LogP contribution in [-0.4, -0.2) is 81.5 Å². The van der Waals surface area contributed by atoms with Gasteiger partial charge in [-0.25, -0.2) is 4.79 Å². The molecule has 0 aliphatic carbocycles. The summed E-state index contributed by atoms with van der Waals surface area (Å²) in [7, 11) is 1.73. The molecule has 1 aromatic heterocycles. The number of carbonyl (C=O) groups excluding carboxylic acids is 2. The van der Waals surface area contributed by atoms with Crippen molar-refractivity contribution in [3.8, 4) is 0 Å². The van der Waals surface area contributed by atoms with Crippen molar-refractivity contribution in [2.24, 2.45) is 7.05 Å². The van der Waals surface area contributed by atoms with E-state index in [-0.39, 0.29) is 24.0 Å². The zero-order valence-corrected chi connectivity index (χ0v) is 17.8. The van der Waals surface area contributed by atoms with E-state index in [4.69, 9.17) is 0 Å². The van der Waals surface area contributed by atoms with Gasteiger partial charge in [0.05, 0.1) is 17.6 Å². The predicted octanol–water partition coefficient (Wildman–Crippen LogP) is 0.887. The minimum atomic E-state index is -0.175. The number of imidazole rings is 1. The van der Waals surface area contributed by atoms with Gasteiger partial charge in [-0.05, 0) is 25.0 Å². The van der Waals surface area contributed by atoms with Crippen LogP contribution in [0.3, 0.4) is 0 Å². The van der Waals surface area contributed by atoms with Crippen LogP contribution in [0.25, 0.3) is 11.0 Å². The summed E-state index contributed by atoms with van der Waals surface area (Å²) in [5.41, 5.74) is 1.43. The molecule has 0 saturated carbocycles. The van der Waals surface area contributed by atoms with Gasteiger partial charge in [0.1, 0.15) is 6.54 Å². The second-order valence-corrected chi connectivity index (χ2v) is 8.37. The summed E-state index contributed by atoms with van der Waals surface area (Å²) in [6.07, 6.45) is 4.62. The average Bonchev–Trinajstić information content (AvgIpc) is 2.96. The van der Waals surface area contributed by atoms with Crippen molar-refractivity contribution < 1.29 is 9.59 Å². The summed E-state index contributed by atoms with van der Waals surface area (Å²) < 4.78 is 3.13. The minimum Gasteiger partial charge on any atom is -0.342 e. The Balaban J connectivity index is 1.32. The molecule has 2 saturated heterocycles. The monoisotopic (exact) mass is 413 g/mol. The van der Waals surface area contributed by atoms with Gasteiger partial charge in [-0.15, -0.1) is 0 Å². The van der Waals surface area contributed by atoms with Crippen LogP contribution in [-0.2, 0) is 23.2 Å². The van der Waals surface area contributed by atoms with E-state index in [1.807, 2.05) is 29.2 Å². The van der Waals surface area contributed by atoms with Crippen LogP contribution >= 0.6 is 0 Å². The Hall–Kier alpha value is -2.61. The highest BCUT2D eigenvalue weighted by atomic mass is 16.2. The first-order valence-corrected chi connectivity index (χ1v) is 11.0. The highest BCUT2D eigenvalue weighted by Crippen LogP contribution is 2.13. The van der Waals surface area contributed by atoms with Crippen molar-refractivity contribution in [1.82, 2.24) is 23.8 Å². The van der Waals surface area contributed by atoms with E-state index in [9.17, 15) is 14.4 Å². The van der Waals surface area contributed by atoms with Crippen LogP contribution in [0, 0.1) is 0 Å². The van der Waals surface area contributed by atoms with Gasteiger partial charge in [-0.2, -0.15) is 0 Å². The summed E-state index contributed by atoms with van der Waals surface area (Å²) in [5, 5.41) is 0. The lowest BCUT2D eigenvalue weighted by Gasteiger charge is -2.35. The van der Waals surface area contributed by atoms with Gasteiger partial charge >= 0.3 is 5.69 Å². The highest BCUT2D eigenvalue weighted by Gasteiger charge is 2.25. The number of aromatic nitrogens is 2. The Bertz CT molecular complexity index is 963. The van der Waals surface area contributed by atoms with Gasteiger partial charge in [0.2, 0.25) is 11.8 Å². The van der Waals surface area contributed by atoms with E-state index >= 15 is 0 Å².